The third kappa shape index (κ3) is 2.09. The summed E-state index contributed by atoms with van der Waals surface area (Å²) in [4.78, 5) is 12.8. The molecule has 5 atom stereocenters. The molecule has 2 saturated carbocycles. The van der Waals surface area contributed by atoms with Crippen LogP contribution in [0.1, 0.15) is 50.4 Å². The minimum absolute atomic E-state index is 0.0727. The Hall–Kier alpha value is -1.35. The summed E-state index contributed by atoms with van der Waals surface area (Å²) in [5.41, 5.74) is 1.16. The third-order valence-corrected chi connectivity index (χ3v) is 7.10. The van der Waals surface area contributed by atoms with E-state index in [1.165, 1.54) is 12.8 Å². The number of fused-ring (bicyclic) bond motifs is 1. The second-order valence-corrected chi connectivity index (χ2v) is 8.40. The Balaban J connectivity index is 1.65. The van der Waals surface area contributed by atoms with Crippen LogP contribution >= 0.6 is 0 Å². The molecule has 0 unspecified atom stereocenters. The summed E-state index contributed by atoms with van der Waals surface area (Å²) in [6.45, 7) is 7.74. The topological polar surface area (TPSA) is 38.3 Å². The number of amides is 1. The highest BCUT2D eigenvalue weighted by atomic mass is 16.5. The highest BCUT2D eigenvalue weighted by molar-refractivity contribution is 5.94. The first-order valence-corrected chi connectivity index (χ1v) is 8.93. The lowest BCUT2D eigenvalue weighted by Gasteiger charge is -2.52. The van der Waals surface area contributed by atoms with E-state index in [0.717, 1.165) is 18.6 Å². The van der Waals surface area contributed by atoms with Crippen LogP contribution in [0.15, 0.2) is 30.3 Å². The van der Waals surface area contributed by atoms with Crippen LogP contribution in [0.5, 0.6) is 0 Å². The number of nitrogens with one attached hydrogen (secondary N) is 1. The second kappa shape index (κ2) is 5.07. The minimum atomic E-state index is 0.0727. The van der Waals surface area contributed by atoms with Gasteiger partial charge in [0, 0.05) is 18.2 Å². The van der Waals surface area contributed by atoms with E-state index in [1.807, 2.05) is 30.3 Å². The van der Waals surface area contributed by atoms with Crippen molar-refractivity contribution < 1.29 is 9.53 Å². The number of carbonyl (C=O) groups excluding carboxylic acids is 1. The van der Waals surface area contributed by atoms with Crippen molar-refractivity contribution in [1.82, 2.24) is 5.32 Å². The molecule has 23 heavy (non-hydrogen) atoms. The average molecular weight is 313 g/mol. The molecule has 0 radical (unpaired) electrons. The molecule has 124 valence electrons. The van der Waals surface area contributed by atoms with E-state index in [-0.39, 0.29) is 22.8 Å². The van der Waals surface area contributed by atoms with Gasteiger partial charge in [-0.2, -0.15) is 0 Å². The summed E-state index contributed by atoms with van der Waals surface area (Å²) < 4.78 is 5.93. The number of hydrogen-bond donors (Lipinski definition) is 1. The van der Waals surface area contributed by atoms with Gasteiger partial charge in [-0.3, -0.25) is 4.79 Å². The molecular formula is C20H27NO2. The molecule has 1 aromatic carbocycles. The van der Waals surface area contributed by atoms with Gasteiger partial charge in [0.1, 0.15) is 0 Å². The van der Waals surface area contributed by atoms with Gasteiger partial charge in [-0.15, -0.1) is 0 Å². The zero-order valence-corrected chi connectivity index (χ0v) is 14.3. The smallest absolute Gasteiger partial charge is 0.251 e. The normalized spacial score (nSPS) is 40.7. The number of hydrogen-bond acceptors (Lipinski definition) is 2. The van der Waals surface area contributed by atoms with Crippen LogP contribution in [0.2, 0.25) is 0 Å². The molecule has 3 aliphatic rings. The summed E-state index contributed by atoms with van der Waals surface area (Å²) in [5.74, 6) is 1.36. The van der Waals surface area contributed by atoms with Crippen LogP contribution in [0.25, 0.3) is 0 Å². The average Bonchev–Trinajstić information content (AvgIpc) is 3.03. The van der Waals surface area contributed by atoms with Gasteiger partial charge in [-0.25, -0.2) is 0 Å². The molecule has 1 aromatic rings. The number of ether oxygens (including phenoxy) is 1. The largest absolute Gasteiger partial charge is 0.378 e. The maximum Gasteiger partial charge on any atom is 0.251 e. The standard InChI is InChI=1S/C20H27NO2/c1-13-16-11-15-12-20(16,9-10-23-13)18(19(15,2)3)21-17(22)14-7-5-4-6-8-14/h4-8,13,15-16,18H,9-12H2,1-3H3,(H,21,22)/t13-,15-,16-,18+,20-/m1/s1. The Labute approximate surface area is 138 Å². The predicted molar refractivity (Wildman–Crippen MR) is 90.2 cm³/mol. The first-order valence-electron chi connectivity index (χ1n) is 8.93. The van der Waals surface area contributed by atoms with Crippen molar-refractivity contribution in [1.29, 1.82) is 0 Å². The Morgan fingerprint density at radius 2 is 2.00 bits per heavy atom. The fourth-order valence-corrected chi connectivity index (χ4v) is 5.89. The molecule has 2 aliphatic carbocycles. The van der Waals surface area contributed by atoms with Crippen molar-refractivity contribution in [2.75, 3.05) is 6.61 Å². The first-order chi connectivity index (χ1) is 10.9. The second-order valence-electron chi connectivity index (χ2n) is 8.40. The van der Waals surface area contributed by atoms with Gasteiger partial charge in [-0.1, -0.05) is 32.0 Å². The molecule has 0 aromatic heterocycles. The van der Waals surface area contributed by atoms with Crippen molar-refractivity contribution >= 4 is 5.91 Å². The van der Waals surface area contributed by atoms with E-state index in [9.17, 15) is 4.79 Å². The van der Waals surface area contributed by atoms with Gasteiger partial charge < -0.3 is 10.1 Å². The molecule has 3 fully saturated rings. The molecule has 4 rings (SSSR count). The van der Waals surface area contributed by atoms with E-state index in [0.29, 0.717) is 17.9 Å². The molecule has 2 bridgehead atoms. The van der Waals surface area contributed by atoms with Crippen LogP contribution in [0.3, 0.4) is 0 Å². The Kier molecular flexibility index (Phi) is 3.35. The fraction of sp³-hybridized carbons (Fsp3) is 0.650. The summed E-state index contributed by atoms with van der Waals surface area (Å²) in [7, 11) is 0. The van der Waals surface area contributed by atoms with Crippen molar-refractivity contribution in [2.24, 2.45) is 22.7 Å². The molecule has 1 heterocycles. The van der Waals surface area contributed by atoms with Gasteiger partial charge >= 0.3 is 0 Å². The van der Waals surface area contributed by atoms with Crippen LogP contribution in [-0.2, 0) is 4.74 Å². The van der Waals surface area contributed by atoms with Gasteiger partial charge in [0.15, 0.2) is 0 Å². The quantitative estimate of drug-likeness (QED) is 0.905. The zero-order valence-electron chi connectivity index (χ0n) is 14.3. The maximum absolute atomic E-state index is 12.8. The lowest BCUT2D eigenvalue weighted by atomic mass is 9.59. The lowest BCUT2D eigenvalue weighted by molar-refractivity contribution is -0.110. The highest BCUT2D eigenvalue weighted by Gasteiger charge is 2.67. The van der Waals surface area contributed by atoms with Gasteiger partial charge in [0.2, 0.25) is 0 Å². The van der Waals surface area contributed by atoms with E-state index < -0.39 is 0 Å². The minimum Gasteiger partial charge on any atom is -0.378 e. The van der Waals surface area contributed by atoms with Crippen LogP contribution in [0.4, 0.5) is 0 Å². The van der Waals surface area contributed by atoms with E-state index >= 15 is 0 Å². The van der Waals surface area contributed by atoms with Gasteiger partial charge in [0.25, 0.3) is 5.91 Å². The maximum atomic E-state index is 12.8. The molecular weight excluding hydrogens is 286 g/mol. The fourth-order valence-electron chi connectivity index (χ4n) is 5.89. The van der Waals surface area contributed by atoms with E-state index in [2.05, 4.69) is 26.1 Å². The Morgan fingerprint density at radius 3 is 2.74 bits per heavy atom. The summed E-state index contributed by atoms with van der Waals surface area (Å²) in [5, 5.41) is 3.43. The van der Waals surface area contributed by atoms with Crippen LogP contribution in [0, 0.1) is 22.7 Å². The lowest BCUT2D eigenvalue weighted by Crippen LogP contribution is -2.59. The van der Waals surface area contributed by atoms with Crippen molar-refractivity contribution in [3.8, 4) is 0 Å². The molecule has 1 amide bonds. The SMILES string of the molecule is C[C@H]1OCC[C@@]23C[C@@H](C[C@H]12)C(C)(C)[C@@H]3NC(=O)c1ccccc1. The molecule has 1 saturated heterocycles. The van der Waals surface area contributed by atoms with E-state index in [1.54, 1.807) is 0 Å². The van der Waals surface area contributed by atoms with Crippen molar-refractivity contribution in [2.45, 2.75) is 52.2 Å². The van der Waals surface area contributed by atoms with Crippen LogP contribution in [-0.4, -0.2) is 24.7 Å². The van der Waals surface area contributed by atoms with E-state index in [4.69, 9.17) is 4.74 Å². The van der Waals surface area contributed by atoms with Gasteiger partial charge in [0.05, 0.1) is 6.10 Å². The van der Waals surface area contributed by atoms with Crippen molar-refractivity contribution in [3.63, 3.8) is 0 Å². The van der Waals surface area contributed by atoms with Gasteiger partial charge in [-0.05, 0) is 61.0 Å². The predicted octanol–water partition coefficient (Wildman–Crippen LogP) is 3.65. The summed E-state index contributed by atoms with van der Waals surface area (Å²) >= 11 is 0. The zero-order chi connectivity index (χ0) is 16.2. The summed E-state index contributed by atoms with van der Waals surface area (Å²) in [6.07, 6.45) is 3.91. The Bertz CT molecular complexity index is 611. The number of carbonyl (C=O) groups is 1. The summed E-state index contributed by atoms with van der Waals surface area (Å²) in [6, 6.07) is 9.86. The molecule has 3 nitrogen and oxygen atoms in total. The monoisotopic (exact) mass is 313 g/mol. The molecule has 1 N–H and O–H groups in total. The molecule has 1 spiro atoms. The Morgan fingerprint density at radius 1 is 1.26 bits per heavy atom. The number of rotatable bonds is 2. The molecule has 3 heteroatoms. The van der Waals surface area contributed by atoms with Crippen LogP contribution < -0.4 is 5.32 Å². The van der Waals surface area contributed by atoms with Crippen molar-refractivity contribution in [3.05, 3.63) is 35.9 Å². The third-order valence-electron chi connectivity index (χ3n) is 7.10. The first kappa shape index (κ1) is 15.2. The highest BCUT2D eigenvalue weighted by Crippen LogP contribution is 2.68. The molecule has 1 aliphatic heterocycles. The number of benzene rings is 1.